The first kappa shape index (κ1) is 12.7. The van der Waals surface area contributed by atoms with Gasteiger partial charge in [0.1, 0.15) is 0 Å². The Balaban J connectivity index is 0. The molecule has 0 bridgehead atoms. The molecule has 0 aliphatic rings. The zero-order valence-corrected chi connectivity index (χ0v) is 5.95. The van der Waals surface area contributed by atoms with E-state index in [0.29, 0.717) is 0 Å². The number of unbranched alkanes of at least 4 members (excludes halogenated alkanes) is 5. The molecule has 0 atom stereocenters. The molecule has 0 aliphatic carbocycles. The van der Waals surface area contributed by atoms with Crippen LogP contribution >= 0.6 is 0 Å². The third-order valence-corrected chi connectivity index (χ3v) is 1.35. The second-order valence-electron chi connectivity index (χ2n) is 2.27. The molecule has 0 fully saturated rings. The Bertz CT molecular complexity index is 29.5. The first-order valence-electron chi connectivity index (χ1n) is 3.71. The molecule has 0 nitrogen and oxygen atoms in total. The molecule has 1 radical (unpaired) electrons. The molecule has 0 saturated carbocycles. The second kappa shape index (κ2) is 11.8. The summed E-state index contributed by atoms with van der Waals surface area (Å²) in [7, 11) is 0. The Hall–Kier alpha value is 1.00. The van der Waals surface area contributed by atoms with Crippen molar-refractivity contribution in [3.05, 3.63) is 6.92 Å². The molecule has 0 amide bonds. The van der Waals surface area contributed by atoms with Gasteiger partial charge in [-0.05, 0) is 0 Å². The zero-order valence-electron chi connectivity index (χ0n) is 5.95. The van der Waals surface area contributed by atoms with Gasteiger partial charge in [0.05, 0.1) is 0 Å². The number of rotatable bonds is 5. The molecule has 0 rings (SSSR count). The van der Waals surface area contributed by atoms with E-state index in [-0.39, 0.29) is 29.6 Å². The average Bonchev–Trinajstić information content (AvgIpc) is 1.81. The third kappa shape index (κ3) is 12.2. The first-order chi connectivity index (χ1) is 3.91. The maximum absolute atomic E-state index is 3.78. The molecule has 1 heteroatoms. The van der Waals surface area contributed by atoms with Gasteiger partial charge in [0.25, 0.3) is 0 Å². The van der Waals surface area contributed by atoms with Gasteiger partial charge in [0.2, 0.25) is 0 Å². The summed E-state index contributed by atoms with van der Waals surface area (Å²) in [5, 5.41) is 0. The van der Waals surface area contributed by atoms with Crippen LogP contribution in [-0.4, -0.2) is 29.6 Å². The SMILES string of the molecule is [CH2]CCCCCCC.[NaH]. The molecule has 0 N–H and O–H groups in total. The van der Waals surface area contributed by atoms with Crippen molar-refractivity contribution < 1.29 is 0 Å². The van der Waals surface area contributed by atoms with Crippen LogP contribution in [0, 0.1) is 6.92 Å². The topological polar surface area (TPSA) is 0 Å². The van der Waals surface area contributed by atoms with Crippen molar-refractivity contribution in [1.82, 2.24) is 0 Å². The van der Waals surface area contributed by atoms with Crippen molar-refractivity contribution in [2.24, 2.45) is 0 Å². The van der Waals surface area contributed by atoms with Gasteiger partial charge in [-0.25, -0.2) is 0 Å². The van der Waals surface area contributed by atoms with Gasteiger partial charge in [-0.3, -0.25) is 0 Å². The summed E-state index contributed by atoms with van der Waals surface area (Å²) in [4.78, 5) is 0. The van der Waals surface area contributed by atoms with Crippen molar-refractivity contribution in [2.45, 2.75) is 45.4 Å². The van der Waals surface area contributed by atoms with E-state index in [0.717, 1.165) is 6.42 Å². The van der Waals surface area contributed by atoms with E-state index < -0.39 is 0 Å². The molecule has 0 saturated heterocycles. The quantitative estimate of drug-likeness (QED) is 0.403. The summed E-state index contributed by atoms with van der Waals surface area (Å²) in [5.74, 6) is 0. The average molecular weight is 137 g/mol. The van der Waals surface area contributed by atoms with Crippen LogP contribution in [0.15, 0.2) is 0 Å². The molecule has 0 aromatic heterocycles. The Kier molecular flexibility index (Phi) is 16.5. The van der Waals surface area contributed by atoms with Crippen molar-refractivity contribution in [3.63, 3.8) is 0 Å². The summed E-state index contributed by atoms with van der Waals surface area (Å²) in [6, 6.07) is 0. The molecule has 0 heterocycles. The van der Waals surface area contributed by atoms with E-state index in [1.54, 1.807) is 0 Å². The van der Waals surface area contributed by atoms with Gasteiger partial charge in [-0.15, -0.1) is 0 Å². The molecule has 51 valence electrons. The van der Waals surface area contributed by atoms with Crippen molar-refractivity contribution in [2.75, 3.05) is 0 Å². The van der Waals surface area contributed by atoms with Gasteiger partial charge in [-0.2, -0.15) is 0 Å². The van der Waals surface area contributed by atoms with Crippen LogP contribution in [0.5, 0.6) is 0 Å². The molecular weight excluding hydrogens is 119 g/mol. The normalized spacial score (nSPS) is 8.67. The van der Waals surface area contributed by atoms with Gasteiger partial charge < -0.3 is 0 Å². The van der Waals surface area contributed by atoms with Crippen LogP contribution in [0.4, 0.5) is 0 Å². The summed E-state index contributed by atoms with van der Waals surface area (Å²) < 4.78 is 0. The van der Waals surface area contributed by atoms with Crippen molar-refractivity contribution in [3.8, 4) is 0 Å². The van der Waals surface area contributed by atoms with E-state index in [1.807, 2.05) is 0 Å². The van der Waals surface area contributed by atoms with Crippen LogP contribution in [0.3, 0.4) is 0 Å². The van der Waals surface area contributed by atoms with E-state index in [4.69, 9.17) is 0 Å². The van der Waals surface area contributed by atoms with Gasteiger partial charge in [0, 0.05) is 0 Å². The van der Waals surface area contributed by atoms with E-state index >= 15 is 0 Å². The predicted molar refractivity (Wildman–Crippen MR) is 45.9 cm³/mol. The predicted octanol–water partition coefficient (Wildman–Crippen LogP) is 2.53. The van der Waals surface area contributed by atoms with Crippen LogP contribution in [0.25, 0.3) is 0 Å². The van der Waals surface area contributed by atoms with E-state index in [9.17, 15) is 0 Å². The van der Waals surface area contributed by atoms with Gasteiger partial charge >= 0.3 is 29.6 Å². The fourth-order valence-corrected chi connectivity index (χ4v) is 0.780. The monoisotopic (exact) mass is 137 g/mol. The molecule has 0 aliphatic heterocycles. The minimum atomic E-state index is 0. The van der Waals surface area contributed by atoms with Crippen molar-refractivity contribution >= 4 is 29.6 Å². The van der Waals surface area contributed by atoms with Crippen LogP contribution in [-0.2, 0) is 0 Å². The summed E-state index contributed by atoms with van der Waals surface area (Å²) in [5.41, 5.74) is 0. The Labute approximate surface area is 81.7 Å². The maximum atomic E-state index is 3.78. The summed E-state index contributed by atoms with van der Waals surface area (Å²) in [6.45, 7) is 6.02. The Morgan fingerprint density at radius 1 is 1.00 bits per heavy atom. The molecule has 0 aromatic rings. The van der Waals surface area contributed by atoms with Crippen LogP contribution in [0.1, 0.15) is 45.4 Å². The minimum absolute atomic E-state index is 0. The summed E-state index contributed by atoms with van der Waals surface area (Å²) >= 11 is 0. The third-order valence-electron chi connectivity index (χ3n) is 1.35. The molecule has 9 heavy (non-hydrogen) atoms. The van der Waals surface area contributed by atoms with E-state index in [1.165, 1.54) is 32.1 Å². The molecular formula is C8H18Na. The fourth-order valence-electron chi connectivity index (χ4n) is 0.780. The fraction of sp³-hybridized carbons (Fsp3) is 0.875. The Morgan fingerprint density at radius 3 is 2.00 bits per heavy atom. The first-order valence-corrected chi connectivity index (χ1v) is 3.71. The zero-order chi connectivity index (χ0) is 6.24. The van der Waals surface area contributed by atoms with Gasteiger partial charge in [0.15, 0.2) is 0 Å². The van der Waals surface area contributed by atoms with E-state index in [2.05, 4.69) is 13.8 Å². The van der Waals surface area contributed by atoms with Crippen LogP contribution < -0.4 is 0 Å². The second-order valence-corrected chi connectivity index (χ2v) is 2.27. The van der Waals surface area contributed by atoms with Crippen LogP contribution in [0.2, 0.25) is 0 Å². The Morgan fingerprint density at radius 2 is 1.56 bits per heavy atom. The standard InChI is InChI=1S/C8H17.Na.H/c1-3-5-7-8-6-4-2;;/h1,3-8H2,2H3;;. The number of hydrogen-bond donors (Lipinski definition) is 0. The number of hydrogen-bond acceptors (Lipinski definition) is 0. The van der Waals surface area contributed by atoms with Crippen molar-refractivity contribution in [1.29, 1.82) is 0 Å². The van der Waals surface area contributed by atoms with Gasteiger partial charge in [-0.1, -0.05) is 52.4 Å². The molecule has 0 unspecified atom stereocenters. The molecule has 0 spiro atoms. The summed E-state index contributed by atoms with van der Waals surface area (Å²) in [6.07, 6.45) is 7.98. The molecule has 0 aromatic carbocycles.